The fourth-order valence-electron chi connectivity index (χ4n) is 1.23. The molecule has 2 aromatic rings. The van der Waals surface area contributed by atoms with Crippen molar-refractivity contribution in [3.8, 4) is 10.6 Å². The molecule has 0 aliphatic carbocycles. The van der Waals surface area contributed by atoms with Gasteiger partial charge in [-0.15, -0.1) is 11.3 Å². The van der Waals surface area contributed by atoms with Gasteiger partial charge in [-0.25, -0.2) is 9.37 Å². The second-order valence-electron chi connectivity index (χ2n) is 3.17. The Kier molecular flexibility index (Phi) is 3.90. The highest BCUT2D eigenvalue weighted by molar-refractivity contribution is 7.81. The van der Waals surface area contributed by atoms with Crippen LogP contribution in [0.25, 0.3) is 10.6 Å². The number of thiazole rings is 1. The first-order valence-electron chi connectivity index (χ1n) is 4.72. The van der Waals surface area contributed by atoms with Gasteiger partial charge in [-0.05, 0) is 6.07 Å². The molecule has 0 aliphatic heterocycles. The first-order valence-corrected chi connectivity index (χ1v) is 5.95. The Bertz CT molecular complexity index is 588. The molecular formula is C10H7F2N3OS2. The first-order chi connectivity index (χ1) is 8.61. The molecule has 0 aromatic carbocycles. The number of nitrogens with zero attached hydrogens (tertiary/aromatic N) is 2. The summed E-state index contributed by atoms with van der Waals surface area (Å²) in [7, 11) is 1.36. The van der Waals surface area contributed by atoms with Crippen LogP contribution in [-0.2, 0) is 4.84 Å². The standard InChI is InChI=1S/C10H7F2N3OS2/c1-16-15-9(17)7-8(12)14-10(18-7)5-2-6(11)4-13-3-5/h2-4H,1H3,(H,15,17). The summed E-state index contributed by atoms with van der Waals surface area (Å²) in [5.41, 5.74) is 2.74. The van der Waals surface area contributed by atoms with Crippen LogP contribution in [0.1, 0.15) is 4.88 Å². The maximum Gasteiger partial charge on any atom is 0.234 e. The van der Waals surface area contributed by atoms with Gasteiger partial charge in [0, 0.05) is 11.8 Å². The van der Waals surface area contributed by atoms with Crippen LogP contribution in [0.15, 0.2) is 18.5 Å². The Balaban J connectivity index is 2.37. The number of rotatable bonds is 3. The lowest BCUT2D eigenvalue weighted by atomic mass is 10.3. The summed E-state index contributed by atoms with van der Waals surface area (Å²) in [6, 6.07) is 1.22. The third-order valence-electron chi connectivity index (χ3n) is 1.94. The van der Waals surface area contributed by atoms with Gasteiger partial charge in [0.2, 0.25) is 5.95 Å². The Morgan fingerprint density at radius 2 is 2.22 bits per heavy atom. The van der Waals surface area contributed by atoms with Gasteiger partial charge in [-0.3, -0.25) is 15.3 Å². The van der Waals surface area contributed by atoms with Crippen molar-refractivity contribution in [3.05, 3.63) is 35.1 Å². The van der Waals surface area contributed by atoms with Gasteiger partial charge in [0.25, 0.3) is 0 Å². The zero-order chi connectivity index (χ0) is 13.1. The molecule has 2 heterocycles. The van der Waals surface area contributed by atoms with Gasteiger partial charge in [-0.1, -0.05) is 12.2 Å². The van der Waals surface area contributed by atoms with Crippen molar-refractivity contribution >= 4 is 28.5 Å². The van der Waals surface area contributed by atoms with Crippen LogP contribution >= 0.6 is 23.6 Å². The molecule has 0 spiro atoms. The average molecular weight is 287 g/mol. The molecule has 2 aromatic heterocycles. The minimum absolute atomic E-state index is 0.0862. The first kappa shape index (κ1) is 12.9. The van der Waals surface area contributed by atoms with Crippen molar-refractivity contribution in [2.75, 3.05) is 7.11 Å². The molecule has 2 rings (SSSR count). The zero-order valence-corrected chi connectivity index (χ0v) is 10.7. The molecule has 0 radical (unpaired) electrons. The lowest BCUT2D eigenvalue weighted by Gasteiger charge is -2.00. The number of aromatic nitrogens is 2. The van der Waals surface area contributed by atoms with E-state index < -0.39 is 11.8 Å². The molecule has 1 N–H and O–H groups in total. The summed E-state index contributed by atoms with van der Waals surface area (Å²) in [4.78, 5) is 12.2. The van der Waals surface area contributed by atoms with E-state index in [0.717, 1.165) is 17.5 Å². The number of thiocarbonyl (C=S) groups is 1. The van der Waals surface area contributed by atoms with E-state index >= 15 is 0 Å². The minimum atomic E-state index is -0.728. The van der Waals surface area contributed by atoms with Gasteiger partial charge >= 0.3 is 0 Å². The van der Waals surface area contributed by atoms with Crippen LogP contribution in [0.2, 0.25) is 0 Å². The maximum atomic E-state index is 13.6. The highest BCUT2D eigenvalue weighted by Crippen LogP contribution is 2.27. The molecule has 0 unspecified atom stereocenters. The fraction of sp³-hybridized carbons (Fsp3) is 0.100. The van der Waals surface area contributed by atoms with Crippen molar-refractivity contribution in [1.29, 1.82) is 0 Å². The number of halogens is 2. The fourth-order valence-corrected chi connectivity index (χ4v) is 2.34. The predicted molar refractivity (Wildman–Crippen MR) is 67.1 cm³/mol. The van der Waals surface area contributed by atoms with Crippen LogP contribution in [-0.4, -0.2) is 22.1 Å². The van der Waals surface area contributed by atoms with Gasteiger partial charge in [0.05, 0.1) is 13.3 Å². The van der Waals surface area contributed by atoms with E-state index in [1.807, 2.05) is 0 Å². The SMILES string of the molecule is CONC(=S)c1sc(-c2cncc(F)c2)nc1F. The van der Waals surface area contributed by atoms with E-state index in [2.05, 4.69) is 20.3 Å². The Morgan fingerprint density at radius 1 is 1.44 bits per heavy atom. The lowest BCUT2D eigenvalue weighted by molar-refractivity contribution is 0.147. The van der Waals surface area contributed by atoms with Crippen LogP contribution in [0.4, 0.5) is 8.78 Å². The Hall–Kier alpha value is -1.51. The van der Waals surface area contributed by atoms with Crippen molar-refractivity contribution in [2.45, 2.75) is 0 Å². The van der Waals surface area contributed by atoms with Crippen molar-refractivity contribution in [1.82, 2.24) is 15.4 Å². The van der Waals surface area contributed by atoms with Crippen molar-refractivity contribution in [3.63, 3.8) is 0 Å². The molecule has 0 amide bonds. The van der Waals surface area contributed by atoms with Gasteiger partial charge in [0.1, 0.15) is 20.7 Å². The van der Waals surface area contributed by atoms with Crippen molar-refractivity contribution < 1.29 is 13.6 Å². The molecule has 0 saturated carbocycles. The van der Waals surface area contributed by atoms with Crippen LogP contribution < -0.4 is 5.48 Å². The Labute approximate surface area is 111 Å². The van der Waals surface area contributed by atoms with E-state index in [-0.39, 0.29) is 9.87 Å². The van der Waals surface area contributed by atoms with Gasteiger partial charge < -0.3 is 0 Å². The van der Waals surface area contributed by atoms with Crippen LogP contribution in [0, 0.1) is 11.8 Å². The molecule has 0 fully saturated rings. The highest BCUT2D eigenvalue weighted by Gasteiger charge is 2.16. The molecule has 8 heteroatoms. The lowest BCUT2D eigenvalue weighted by Crippen LogP contribution is -2.20. The van der Waals surface area contributed by atoms with Gasteiger partial charge in [-0.2, -0.15) is 4.39 Å². The number of pyridine rings is 1. The third-order valence-corrected chi connectivity index (χ3v) is 3.45. The number of nitrogens with one attached hydrogen (secondary N) is 1. The minimum Gasteiger partial charge on any atom is -0.279 e. The van der Waals surface area contributed by atoms with Crippen LogP contribution in [0.3, 0.4) is 0 Å². The van der Waals surface area contributed by atoms with E-state index in [1.165, 1.54) is 19.4 Å². The molecule has 94 valence electrons. The Morgan fingerprint density at radius 3 is 2.89 bits per heavy atom. The summed E-state index contributed by atoms with van der Waals surface area (Å²) in [6.45, 7) is 0. The van der Waals surface area contributed by atoms with E-state index in [4.69, 9.17) is 12.2 Å². The molecule has 0 aliphatic rings. The normalized spacial score (nSPS) is 10.4. The quantitative estimate of drug-likeness (QED) is 0.693. The van der Waals surface area contributed by atoms with E-state index in [9.17, 15) is 8.78 Å². The average Bonchev–Trinajstić information content (AvgIpc) is 2.72. The monoisotopic (exact) mass is 287 g/mol. The van der Waals surface area contributed by atoms with Crippen molar-refractivity contribution in [2.24, 2.45) is 0 Å². The molecular weight excluding hydrogens is 280 g/mol. The highest BCUT2D eigenvalue weighted by atomic mass is 32.1. The van der Waals surface area contributed by atoms with E-state index in [0.29, 0.717) is 10.6 Å². The summed E-state index contributed by atoms with van der Waals surface area (Å²) in [5.74, 6) is -1.24. The summed E-state index contributed by atoms with van der Waals surface area (Å²) < 4.78 is 26.6. The van der Waals surface area contributed by atoms with Gasteiger partial charge in [0.15, 0.2) is 0 Å². The number of hydrogen-bond donors (Lipinski definition) is 1. The van der Waals surface area contributed by atoms with E-state index in [1.54, 1.807) is 0 Å². The maximum absolute atomic E-state index is 13.6. The molecule has 0 saturated heterocycles. The molecule has 0 atom stereocenters. The summed E-state index contributed by atoms with van der Waals surface area (Å²) >= 11 is 5.89. The number of hydroxylamine groups is 1. The second kappa shape index (κ2) is 5.42. The van der Waals surface area contributed by atoms with Crippen LogP contribution in [0.5, 0.6) is 0 Å². The predicted octanol–water partition coefficient (Wildman–Crippen LogP) is 2.31. The third kappa shape index (κ3) is 2.66. The second-order valence-corrected chi connectivity index (χ2v) is 4.57. The molecule has 0 bridgehead atoms. The summed E-state index contributed by atoms with van der Waals surface area (Å²) in [5, 5.41) is 0.301. The molecule has 4 nitrogen and oxygen atoms in total. The topological polar surface area (TPSA) is 47.0 Å². The number of hydrogen-bond acceptors (Lipinski definition) is 5. The smallest absolute Gasteiger partial charge is 0.234 e. The zero-order valence-electron chi connectivity index (χ0n) is 9.11. The summed E-state index contributed by atoms with van der Waals surface area (Å²) in [6.07, 6.45) is 2.46. The largest absolute Gasteiger partial charge is 0.279 e. The molecule has 18 heavy (non-hydrogen) atoms.